The maximum absolute atomic E-state index is 5.98. The van der Waals surface area contributed by atoms with Crippen molar-refractivity contribution in [3.8, 4) is 5.75 Å². The third-order valence-electron chi connectivity index (χ3n) is 2.29. The second-order valence-corrected chi connectivity index (χ2v) is 3.52. The van der Waals surface area contributed by atoms with Gasteiger partial charge in [0.2, 0.25) is 0 Å². The number of nitrogens with zero attached hydrogens (tertiary/aromatic N) is 1. The summed E-state index contributed by atoms with van der Waals surface area (Å²) < 4.78 is 5.57. The molecule has 0 aliphatic heterocycles. The lowest BCUT2D eigenvalue weighted by molar-refractivity contribution is 0.290. The summed E-state index contributed by atoms with van der Waals surface area (Å²) in [4.78, 5) is 4.03. The minimum Gasteiger partial charge on any atom is -0.492 e. The lowest BCUT2D eigenvalue weighted by atomic mass is 10.1. The molecule has 1 unspecified atom stereocenters. The second-order valence-electron chi connectivity index (χ2n) is 3.52. The maximum atomic E-state index is 5.98. The highest BCUT2D eigenvalue weighted by Crippen LogP contribution is 2.13. The van der Waals surface area contributed by atoms with Gasteiger partial charge < -0.3 is 10.5 Å². The van der Waals surface area contributed by atoms with E-state index in [2.05, 4.69) is 4.98 Å². The summed E-state index contributed by atoms with van der Waals surface area (Å²) in [6.07, 6.45) is 3.49. The van der Waals surface area contributed by atoms with E-state index in [0.717, 1.165) is 11.3 Å². The van der Waals surface area contributed by atoms with E-state index in [1.807, 2.05) is 42.5 Å². The lowest BCUT2D eigenvalue weighted by Crippen LogP contribution is -2.19. The van der Waals surface area contributed by atoms with Gasteiger partial charge in [0.15, 0.2) is 0 Å². The van der Waals surface area contributed by atoms with Gasteiger partial charge in [-0.2, -0.15) is 0 Å². The van der Waals surface area contributed by atoms with E-state index in [4.69, 9.17) is 10.5 Å². The molecule has 0 fully saturated rings. The first-order valence-corrected chi connectivity index (χ1v) is 5.19. The van der Waals surface area contributed by atoms with E-state index in [1.54, 1.807) is 12.4 Å². The third kappa shape index (κ3) is 2.81. The van der Waals surface area contributed by atoms with Crippen LogP contribution in [-0.2, 0) is 0 Å². The van der Waals surface area contributed by atoms with Crippen molar-refractivity contribution < 1.29 is 4.74 Å². The minimum atomic E-state index is -0.145. The maximum Gasteiger partial charge on any atom is 0.119 e. The van der Waals surface area contributed by atoms with Gasteiger partial charge in [-0.1, -0.05) is 24.3 Å². The fourth-order valence-electron chi connectivity index (χ4n) is 1.39. The van der Waals surface area contributed by atoms with Crippen molar-refractivity contribution in [3.05, 3.63) is 60.4 Å². The highest BCUT2D eigenvalue weighted by atomic mass is 16.5. The fourth-order valence-corrected chi connectivity index (χ4v) is 1.39. The van der Waals surface area contributed by atoms with Gasteiger partial charge in [0.05, 0.1) is 6.04 Å². The number of para-hydroxylation sites is 1. The Labute approximate surface area is 94.9 Å². The fraction of sp³-hybridized carbons (Fsp3) is 0.154. The van der Waals surface area contributed by atoms with Crippen molar-refractivity contribution in [2.24, 2.45) is 5.73 Å². The molecule has 3 heteroatoms. The normalized spacial score (nSPS) is 12.1. The van der Waals surface area contributed by atoms with Gasteiger partial charge in [-0.05, 0) is 23.8 Å². The van der Waals surface area contributed by atoms with Crippen LogP contribution in [0.1, 0.15) is 11.6 Å². The summed E-state index contributed by atoms with van der Waals surface area (Å²) in [5.74, 6) is 0.835. The zero-order chi connectivity index (χ0) is 11.2. The summed E-state index contributed by atoms with van der Waals surface area (Å²) in [5.41, 5.74) is 6.96. The molecule has 82 valence electrons. The Bertz CT molecular complexity index is 416. The van der Waals surface area contributed by atoms with Crippen LogP contribution in [0.25, 0.3) is 0 Å². The van der Waals surface area contributed by atoms with E-state index >= 15 is 0 Å². The highest BCUT2D eigenvalue weighted by Gasteiger charge is 2.06. The smallest absolute Gasteiger partial charge is 0.119 e. The van der Waals surface area contributed by atoms with E-state index in [0.29, 0.717) is 6.61 Å². The highest BCUT2D eigenvalue weighted by molar-refractivity contribution is 5.21. The Morgan fingerprint density at radius 2 is 1.94 bits per heavy atom. The van der Waals surface area contributed by atoms with Crippen LogP contribution in [0.3, 0.4) is 0 Å². The largest absolute Gasteiger partial charge is 0.492 e. The van der Waals surface area contributed by atoms with Crippen LogP contribution in [0.5, 0.6) is 5.75 Å². The van der Waals surface area contributed by atoms with Crippen LogP contribution < -0.4 is 10.5 Å². The van der Waals surface area contributed by atoms with Gasteiger partial charge in [-0.15, -0.1) is 0 Å². The lowest BCUT2D eigenvalue weighted by Gasteiger charge is -2.12. The van der Waals surface area contributed by atoms with Gasteiger partial charge in [0.1, 0.15) is 12.4 Å². The number of hydrogen-bond acceptors (Lipinski definition) is 3. The predicted octanol–water partition coefficient (Wildman–Crippen LogP) is 2.16. The summed E-state index contributed by atoms with van der Waals surface area (Å²) >= 11 is 0. The number of nitrogens with two attached hydrogens (primary N) is 1. The van der Waals surface area contributed by atoms with Gasteiger partial charge in [-0.3, -0.25) is 4.98 Å². The Balaban J connectivity index is 1.92. The van der Waals surface area contributed by atoms with Gasteiger partial charge in [0, 0.05) is 12.4 Å². The molecule has 2 aromatic rings. The van der Waals surface area contributed by atoms with Crippen LogP contribution >= 0.6 is 0 Å². The molecule has 2 N–H and O–H groups in total. The standard InChI is InChI=1S/C13H14N2O/c14-13(11-5-4-8-15-9-11)10-16-12-6-2-1-3-7-12/h1-9,13H,10,14H2. The van der Waals surface area contributed by atoms with E-state index in [9.17, 15) is 0 Å². The molecule has 1 atom stereocenters. The van der Waals surface area contributed by atoms with E-state index < -0.39 is 0 Å². The molecule has 0 aliphatic rings. The monoisotopic (exact) mass is 214 g/mol. The molecule has 0 saturated carbocycles. The van der Waals surface area contributed by atoms with Crippen LogP contribution in [0.15, 0.2) is 54.9 Å². The van der Waals surface area contributed by atoms with E-state index in [-0.39, 0.29) is 6.04 Å². The minimum absolute atomic E-state index is 0.145. The van der Waals surface area contributed by atoms with Crippen molar-refractivity contribution in [2.45, 2.75) is 6.04 Å². The first-order chi connectivity index (χ1) is 7.86. The molecule has 0 aliphatic carbocycles. The summed E-state index contributed by atoms with van der Waals surface area (Å²) in [5, 5.41) is 0. The molecule has 2 rings (SSSR count). The average Bonchev–Trinajstić information content (AvgIpc) is 2.38. The van der Waals surface area contributed by atoms with Crippen LogP contribution in [0, 0.1) is 0 Å². The van der Waals surface area contributed by atoms with Crippen molar-refractivity contribution in [3.63, 3.8) is 0 Å². The van der Waals surface area contributed by atoms with Gasteiger partial charge in [-0.25, -0.2) is 0 Å². The van der Waals surface area contributed by atoms with Gasteiger partial charge >= 0.3 is 0 Å². The topological polar surface area (TPSA) is 48.1 Å². The Morgan fingerprint density at radius 3 is 2.62 bits per heavy atom. The molecule has 1 heterocycles. The number of hydrogen-bond donors (Lipinski definition) is 1. The summed E-state index contributed by atoms with van der Waals surface area (Å²) in [7, 11) is 0. The van der Waals surface area contributed by atoms with Crippen molar-refractivity contribution in [2.75, 3.05) is 6.61 Å². The molecule has 0 amide bonds. The summed E-state index contributed by atoms with van der Waals surface area (Å²) in [6, 6.07) is 13.3. The Morgan fingerprint density at radius 1 is 1.12 bits per heavy atom. The number of pyridine rings is 1. The molecule has 3 nitrogen and oxygen atoms in total. The van der Waals surface area contributed by atoms with Crippen molar-refractivity contribution in [1.29, 1.82) is 0 Å². The first-order valence-electron chi connectivity index (χ1n) is 5.19. The molecule has 0 spiro atoms. The quantitative estimate of drug-likeness (QED) is 0.848. The second kappa shape index (κ2) is 5.28. The molecular formula is C13H14N2O. The average molecular weight is 214 g/mol. The summed E-state index contributed by atoms with van der Waals surface area (Å²) in [6.45, 7) is 0.454. The van der Waals surface area contributed by atoms with Crippen LogP contribution in [0.4, 0.5) is 0 Å². The number of rotatable bonds is 4. The molecule has 1 aromatic heterocycles. The molecule has 16 heavy (non-hydrogen) atoms. The molecule has 0 saturated heterocycles. The van der Waals surface area contributed by atoms with Crippen molar-refractivity contribution >= 4 is 0 Å². The third-order valence-corrected chi connectivity index (χ3v) is 2.29. The van der Waals surface area contributed by atoms with E-state index in [1.165, 1.54) is 0 Å². The van der Waals surface area contributed by atoms with Crippen molar-refractivity contribution in [1.82, 2.24) is 4.98 Å². The zero-order valence-corrected chi connectivity index (χ0v) is 8.91. The predicted molar refractivity (Wildman–Crippen MR) is 63.1 cm³/mol. The zero-order valence-electron chi connectivity index (χ0n) is 8.91. The molecular weight excluding hydrogens is 200 g/mol. The Hall–Kier alpha value is -1.87. The first kappa shape index (κ1) is 10.6. The SMILES string of the molecule is NC(COc1ccccc1)c1cccnc1. The Kier molecular flexibility index (Phi) is 3.51. The molecule has 0 bridgehead atoms. The molecule has 1 aromatic carbocycles. The molecule has 0 radical (unpaired) electrons. The van der Waals surface area contributed by atoms with Crippen LogP contribution in [-0.4, -0.2) is 11.6 Å². The number of benzene rings is 1. The van der Waals surface area contributed by atoms with Gasteiger partial charge in [0.25, 0.3) is 0 Å². The van der Waals surface area contributed by atoms with Crippen LogP contribution in [0.2, 0.25) is 0 Å². The number of aromatic nitrogens is 1. The number of ether oxygens (including phenoxy) is 1.